The highest BCUT2D eigenvalue weighted by Crippen LogP contribution is 1.99. The zero-order chi connectivity index (χ0) is 18.0. The predicted octanol–water partition coefficient (Wildman–Crippen LogP) is 1.19. The van der Waals surface area contributed by atoms with E-state index in [-0.39, 0.29) is 11.9 Å². The molecular formula is C17H33NO6. The number of carbonyl (C=O) groups is 2. The Morgan fingerprint density at radius 3 is 1.75 bits per heavy atom. The molecule has 142 valence electrons. The van der Waals surface area contributed by atoms with Gasteiger partial charge in [0.05, 0.1) is 52.9 Å². The molecule has 7 heteroatoms. The van der Waals surface area contributed by atoms with Gasteiger partial charge in [0, 0.05) is 18.9 Å². The molecule has 0 aromatic rings. The maximum absolute atomic E-state index is 11.6. The summed E-state index contributed by atoms with van der Waals surface area (Å²) in [6.07, 6.45) is 1.61. The first kappa shape index (κ1) is 23.0. The lowest BCUT2D eigenvalue weighted by molar-refractivity contribution is -0.123. The van der Waals surface area contributed by atoms with Gasteiger partial charge in [0.15, 0.2) is 0 Å². The third kappa shape index (κ3) is 15.9. The monoisotopic (exact) mass is 347 g/mol. The van der Waals surface area contributed by atoms with Crippen LogP contribution in [0.4, 0.5) is 0 Å². The zero-order valence-corrected chi connectivity index (χ0v) is 15.3. The van der Waals surface area contributed by atoms with Crippen molar-refractivity contribution in [1.82, 2.24) is 5.32 Å². The number of hydrogen-bond acceptors (Lipinski definition) is 6. The summed E-state index contributed by atoms with van der Waals surface area (Å²) in [6, 6.07) is 0.177. The summed E-state index contributed by atoms with van der Waals surface area (Å²) in [4.78, 5) is 21.7. The second kappa shape index (κ2) is 16.8. The van der Waals surface area contributed by atoms with Crippen LogP contribution in [-0.2, 0) is 28.5 Å². The third-order valence-corrected chi connectivity index (χ3v) is 3.36. The number of aldehydes is 1. The summed E-state index contributed by atoms with van der Waals surface area (Å²) < 4.78 is 21.1. The van der Waals surface area contributed by atoms with Crippen molar-refractivity contribution in [3.05, 3.63) is 0 Å². The molecule has 0 aliphatic heterocycles. The van der Waals surface area contributed by atoms with Crippen molar-refractivity contribution in [1.29, 1.82) is 0 Å². The SMILES string of the molecule is CC(C)C(C)NC(=O)CCOCCOCCOCCOCCC=O. The van der Waals surface area contributed by atoms with Gasteiger partial charge in [-0.15, -0.1) is 0 Å². The lowest BCUT2D eigenvalue weighted by atomic mass is 10.1. The van der Waals surface area contributed by atoms with Gasteiger partial charge >= 0.3 is 0 Å². The molecule has 1 N–H and O–H groups in total. The van der Waals surface area contributed by atoms with E-state index in [4.69, 9.17) is 18.9 Å². The Balaban J connectivity index is 3.20. The molecule has 0 rings (SSSR count). The standard InChI is InChI=1S/C17H33NO6/c1-15(2)16(3)18-17(20)5-8-22-10-12-24-14-13-23-11-9-21-7-4-6-19/h6,15-16H,4-5,7-14H2,1-3H3,(H,18,20). The molecule has 0 saturated heterocycles. The summed E-state index contributed by atoms with van der Waals surface area (Å²) in [5.41, 5.74) is 0. The third-order valence-electron chi connectivity index (χ3n) is 3.36. The molecule has 1 amide bonds. The molecule has 0 spiro atoms. The Labute approximate surface area is 145 Å². The second-order valence-electron chi connectivity index (χ2n) is 5.76. The molecule has 0 fully saturated rings. The Kier molecular flexibility index (Phi) is 16.1. The van der Waals surface area contributed by atoms with Gasteiger partial charge in [0.1, 0.15) is 6.29 Å². The molecular weight excluding hydrogens is 314 g/mol. The average molecular weight is 347 g/mol. The lowest BCUT2D eigenvalue weighted by Crippen LogP contribution is -2.36. The topological polar surface area (TPSA) is 83.1 Å². The Morgan fingerprint density at radius 1 is 0.833 bits per heavy atom. The van der Waals surface area contributed by atoms with Crippen LogP contribution in [0.15, 0.2) is 0 Å². The fourth-order valence-corrected chi connectivity index (χ4v) is 1.55. The molecule has 1 atom stereocenters. The predicted molar refractivity (Wildman–Crippen MR) is 91.0 cm³/mol. The van der Waals surface area contributed by atoms with Crippen molar-refractivity contribution in [2.75, 3.05) is 52.9 Å². The molecule has 1 unspecified atom stereocenters. The Morgan fingerprint density at radius 2 is 1.29 bits per heavy atom. The first-order chi connectivity index (χ1) is 11.6. The average Bonchev–Trinajstić information content (AvgIpc) is 2.55. The lowest BCUT2D eigenvalue weighted by Gasteiger charge is -2.17. The number of nitrogens with one attached hydrogen (secondary N) is 1. The second-order valence-corrected chi connectivity index (χ2v) is 5.76. The summed E-state index contributed by atoms with van der Waals surface area (Å²) in [5, 5.41) is 2.93. The number of amides is 1. The molecule has 7 nitrogen and oxygen atoms in total. The summed E-state index contributed by atoms with van der Waals surface area (Å²) in [7, 11) is 0. The largest absolute Gasteiger partial charge is 0.379 e. The molecule has 0 heterocycles. The van der Waals surface area contributed by atoms with Gasteiger partial charge < -0.3 is 29.1 Å². The van der Waals surface area contributed by atoms with E-state index in [1.165, 1.54) is 0 Å². The molecule has 0 aromatic heterocycles. The van der Waals surface area contributed by atoms with Gasteiger partial charge in [-0.05, 0) is 12.8 Å². The molecule has 24 heavy (non-hydrogen) atoms. The summed E-state index contributed by atoms with van der Waals surface area (Å²) in [6.45, 7) is 9.87. The van der Waals surface area contributed by atoms with Crippen LogP contribution in [0.5, 0.6) is 0 Å². The maximum atomic E-state index is 11.6. The van der Waals surface area contributed by atoms with Crippen molar-refractivity contribution in [2.24, 2.45) is 5.92 Å². The smallest absolute Gasteiger partial charge is 0.222 e. The number of hydrogen-bond donors (Lipinski definition) is 1. The molecule has 0 aliphatic rings. The zero-order valence-electron chi connectivity index (χ0n) is 15.3. The summed E-state index contributed by atoms with van der Waals surface area (Å²) in [5.74, 6) is 0.439. The minimum Gasteiger partial charge on any atom is -0.379 e. The molecule has 0 aliphatic carbocycles. The molecule has 0 aromatic carbocycles. The number of carbonyl (C=O) groups excluding carboxylic acids is 2. The van der Waals surface area contributed by atoms with Crippen LogP contribution >= 0.6 is 0 Å². The minimum absolute atomic E-state index is 0.0147. The minimum atomic E-state index is 0.0147. The fraction of sp³-hybridized carbons (Fsp3) is 0.882. The van der Waals surface area contributed by atoms with E-state index in [2.05, 4.69) is 19.2 Å². The highest BCUT2D eigenvalue weighted by molar-refractivity contribution is 5.76. The van der Waals surface area contributed by atoms with Crippen molar-refractivity contribution in [3.8, 4) is 0 Å². The van der Waals surface area contributed by atoms with Crippen molar-refractivity contribution >= 4 is 12.2 Å². The van der Waals surface area contributed by atoms with Gasteiger partial charge in [-0.1, -0.05) is 13.8 Å². The van der Waals surface area contributed by atoms with Crippen molar-refractivity contribution in [2.45, 2.75) is 39.7 Å². The highest BCUT2D eigenvalue weighted by Gasteiger charge is 2.10. The fourth-order valence-electron chi connectivity index (χ4n) is 1.55. The van der Waals surface area contributed by atoms with Gasteiger partial charge in [-0.25, -0.2) is 0 Å². The van der Waals surface area contributed by atoms with Crippen LogP contribution < -0.4 is 5.32 Å². The van der Waals surface area contributed by atoms with E-state index in [1.54, 1.807) is 0 Å². The van der Waals surface area contributed by atoms with Gasteiger partial charge in [-0.3, -0.25) is 4.79 Å². The quantitative estimate of drug-likeness (QED) is 0.314. The summed E-state index contributed by atoms with van der Waals surface area (Å²) >= 11 is 0. The van der Waals surface area contributed by atoms with E-state index in [1.807, 2.05) is 6.92 Å². The van der Waals surface area contributed by atoms with E-state index < -0.39 is 0 Å². The first-order valence-corrected chi connectivity index (χ1v) is 8.62. The number of rotatable bonds is 17. The van der Waals surface area contributed by atoms with Gasteiger partial charge in [0.2, 0.25) is 5.91 Å². The van der Waals surface area contributed by atoms with Crippen LogP contribution in [0, 0.1) is 5.92 Å². The van der Waals surface area contributed by atoms with Gasteiger partial charge in [-0.2, -0.15) is 0 Å². The van der Waals surface area contributed by atoms with Crippen molar-refractivity contribution in [3.63, 3.8) is 0 Å². The molecule has 0 radical (unpaired) electrons. The van der Waals surface area contributed by atoms with Gasteiger partial charge in [0.25, 0.3) is 0 Å². The maximum Gasteiger partial charge on any atom is 0.222 e. The van der Waals surface area contributed by atoms with E-state index in [9.17, 15) is 9.59 Å². The number of ether oxygens (including phenoxy) is 4. The van der Waals surface area contributed by atoms with E-state index in [0.717, 1.165) is 6.29 Å². The molecule has 0 bridgehead atoms. The van der Waals surface area contributed by atoms with E-state index in [0.29, 0.717) is 71.6 Å². The molecule has 0 saturated carbocycles. The van der Waals surface area contributed by atoms with Crippen LogP contribution in [-0.4, -0.2) is 71.1 Å². The Bertz CT molecular complexity index is 311. The van der Waals surface area contributed by atoms with Crippen LogP contribution in [0.25, 0.3) is 0 Å². The Hall–Kier alpha value is -1.02. The van der Waals surface area contributed by atoms with E-state index >= 15 is 0 Å². The highest BCUT2D eigenvalue weighted by atomic mass is 16.6. The van der Waals surface area contributed by atoms with Crippen molar-refractivity contribution < 1.29 is 28.5 Å². The normalized spacial score (nSPS) is 12.3. The van der Waals surface area contributed by atoms with Crippen LogP contribution in [0.1, 0.15) is 33.6 Å². The first-order valence-electron chi connectivity index (χ1n) is 8.62. The van der Waals surface area contributed by atoms with Crippen LogP contribution in [0.2, 0.25) is 0 Å². The van der Waals surface area contributed by atoms with Crippen LogP contribution in [0.3, 0.4) is 0 Å².